The number of para-hydroxylation sites is 2. The molecule has 2 aromatic carbocycles. The number of nitrogens with zero attached hydrogens (tertiary/aromatic N) is 1. The second-order valence-electron chi connectivity index (χ2n) is 5.86. The number of anilines is 2. The molecule has 1 heterocycles. The molecule has 0 fully saturated rings. The van der Waals surface area contributed by atoms with Crippen LogP contribution in [-0.4, -0.2) is 25.8 Å². The summed E-state index contributed by atoms with van der Waals surface area (Å²) >= 11 is 0. The number of methoxy groups -OCH3 is 1. The average Bonchev–Trinajstić information content (AvgIpc) is 2.60. The van der Waals surface area contributed by atoms with Crippen LogP contribution in [0.25, 0.3) is 0 Å². The Hall–Kier alpha value is -2.69. The summed E-state index contributed by atoms with van der Waals surface area (Å²) in [6, 6.07) is 13.1. The Kier molecular flexibility index (Phi) is 4.60. The van der Waals surface area contributed by atoms with E-state index in [9.17, 15) is 4.79 Å². The third-order valence-corrected chi connectivity index (χ3v) is 4.13. The molecule has 0 aromatic heterocycles. The van der Waals surface area contributed by atoms with Crippen molar-refractivity contribution in [2.75, 3.05) is 23.9 Å². The van der Waals surface area contributed by atoms with Gasteiger partial charge in [0.05, 0.1) is 25.0 Å². The maximum atomic E-state index is 12.9. The van der Waals surface area contributed by atoms with E-state index in [-0.39, 0.29) is 12.1 Å². The number of amides is 2. The molecule has 0 saturated carbocycles. The largest absolute Gasteiger partial charge is 0.495 e. The van der Waals surface area contributed by atoms with E-state index in [0.29, 0.717) is 18.0 Å². The number of urea groups is 1. The summed E-state index contributed by atoms with van der Waals surface area (Å²) in [5.41, 5.74) is 2.51. The van der Waals surface area contributed by atoms with Gasteiger partial charge in [0.1, 0.15) is 17.6 Å². The average molecular weight is 326 g/mol. The molecule has 1 N–H and O–H groups in total. The summed E-state index contributed by atoms with van der Waals surface area (Å²) in [7, 11) is 1.59. The summed E-state index contributed by atoms with van der Waals surface area (Å²) in [6.07, 6.45) is 0.830. The molecule has 1 aliphatic rings. The van der Waals surface area contributed by atoms with Gasteiger partial charge in [0.25, 0.3) is 0 Å². The van der Waals surface area contributed by atoms with E-state index in [0.717, 1.165) is 23.4 Å². The molecule has 0 bridgehead atoms. The number of hydrogen-bond donors (Lipinski definition) is 1. The Bertz CT molecular complexity index is 745. The van der Waals surface area contributed by atoms with Crippen LogP contribution in [0.2, 0.25) is 0 Å². The first-order valence-corrected chi connectivity index (χ1v) is 8.11. The van der Waals surface area contributed by atoms with Gasteiger partial charge < -0.3 is 14.8 Å². The third kappa shape index (κ3) is 3.15. The lowest BCUT2D eigenvalue weighted by Crippen LogP contribution is -2.45. The van der Waals surface area contributed by atoms with Gasteiger partial charge in [-0.25, -0.2) is 4.79 Å². The van der Waals surface area contributed by atoms with Crippen LogP contribution in [0.3, 0.4) is 0 Å². The van der Waals surface area contributed by atoms with Crippen molar-refractivity contribution in [3.8, 4) is 11.5 Å². The van der Waals surface area contributed by atoms with Gasteiger partial charge in [-0.2, -0.15) is 0 Å². The van der Waals surface area contributed by atoms with Gasteiger partial charge in [-0.15, -0.1) is 0 Å². The maximum Gasteiger partial charge on any atom is 0.326 e. The first-order chi connectivity index (χ1) is 11.6. The number of carbonyl (C=O) groups is 1. The van der Waals surface area contributed by atoms with Gasteiger partial charge in [0, 0.05) is 0 Å². The molecular weight excluding hydrogens is 304 g/mol. The first-order valence-electron chi connectivity index (χ1n) is 8.11. The topological polar surface area (TPSA) is 50.8 Å². The van der Waals surface area contributed by atoms with E-state index in [4.69, 9.17) is 9.47 Å². The minimum atomic E-state index is -0.187. The van der Waals surface area contributed by atoms with E-state index in [1.807, 2.05) is 49.4 Å². The number of ether oxygens (including phenoxy) is 2. The van der Waals surface area contributed by atoms with Gasteiger partial charge in [-0.1, -0.05) is 25.1 Å². The zero-order chi connectivity index (χ0) is 17.1. The van der Waals surface area contributed by atoms with Crippen molar-refractivity contribution >= 4 is 17.4 Å². The lowest BCUT2D eigenvalue weighted by Gasteiger charge is -2.34. The monoisotopic (exact) mass is 326 g/mol. The number of carbonyl (C=O) groups excluding carboxylic acids is 1. The fourth-order valence-electron chi connectivity index (χ4n) is 2.81. The highest BCUT2D eigenvalue weighted by Crippen LogP contribution is 2.34. The molecule has 2 amide bonds. The molecule has 0 spiro atoms. The second kappa shape index (κ2) is 6.83. The molecule has 24 heavy (non-hydrogen) atoms. The van der Waals surface area contributed by atoms with Crippen molar-refractivity contribution in [2.45, 2.75) is 26.4 Å². The predicted octanol–water partition coefficient (Wildman–Crippen LogP) is 4.21. The molecule has 5 heteroatoms. The summed E-state index contributed by atoms with van der Waals surface area (Å²) in [5.74, 6) is 1.38. The summed E-state index contributed by atoms with van der Waals surface area (Å²) in [4.78, 5) is 14.6. The third-order valence-electron chi connectivity index (χ3n) is 4.13. The van der Waals surface area contributed by atoms with Gasteiger partial charge in [0.2, 0.25) is 0 Å². The molecule has 1 atom stereocenters. The molecule has 3 rings (SSSR count). The lowest BCUT2D eigenvalue weighted by molar-refractivity contribution is 0.188. The fraction of sp³-hybridized carbons (Fsp3) is 0.316. The smallest absolute Gasteiger partial charge is 0.326 e. The van der Waals surface area contributed by atoms with Crippen molar-refractivity contribution in [1.82, 2.24) is 0 Å². The fourth-order valence-corrected chi connectivity index (χ4v) is 2.81. The molecule has 0 saturated heterocycles. The Balaban J connectivity index is 1.88. The van der Waals surface area contributed by atoms with Crippen LogP contribution in [0.5, 0.6) is 11.5 Å². The Labute approximate surface area is 142 Å². The van der Waals surface area contributed by atoms with Gasteiger partial charge >= 0.3 is 6.03 Å². The van der Waals surface area contributed by atoms with E-state index in [1.54, 1.807) is 12.0 Å². The molecule has 1 aliphatic heterocycles. The Morgan fingerprint density at radius 3 is 2.88 bits per heavy atom. The van der Waals surface area contributed by atoms with Crippen molar-refractivity contribution in [3.63, 3.8) is 0 Å². The van der Waals surface area contributed by atoms with Crippen LogP contribution in [0.4, 0.5) is 16.2 Å². The van der Waals surface area contributed by atoms with Crippen molar-refractivity contribution in [1.29, 1.82) is 0 Å². The summed E-state index contributed by atoms with van der Waals surface area (Å²) in [6.45, 7) is 4.55. The maximum absolute atomic E-state index is 12.9. The van der Waals surface area contributed by atoms with E-state index in [2.05, 4.69) is 12.2 Å². The molecule has 1 unspecified atom stereocenters. The molecule has 5 nitrogen and oxygen atoms in total. The standard InChI is InChI=1S/C19H22N2O3/c1-4-14-12-21(16-7-5-6-8-18(16)24-14)19(22)20-15-11-13(2)9-10-17(15)23-3/h5-11,14H,4,12H2,1-3H3,(H,20,22). The number of hydrogen-bond acceptors (Lipinski definition) is 3. The van der Waals surface area contributed by atoms with Gasteiger partial charge in [0.15, 0.2) is 0 Å². The molecule has 126 valence electrons. The van der Waals surface area contributed by atoms with Crippen LogP contribution >= 0.6 is 0 Å². The van der Waals surface area contributed by atoms with Crippen molar-refractivity contribution in [3.05, 3.63) is 48.0 Å². The van der Waals surface area contributed by atoms with Crippen LogP contribution in [0, 0.1) is 6.92 Å². The van der Waals surface area contributed by atoms with E-state index in [1.165, 1.54) is 0 Å². The Morgan fingerprint density at radius 1 is 1.33 bits per heavy atom. The molecule has 0 radical (unpaired) electrons. The molecular formula is C19H22N2O3. The van der Waals surface area contributed by atoms with Crippen molar-refractivity contribution in [2.24, 2.45) is 0 Å². The number of rotatable bonds is 3. The van der Waals surface area contributed by atoms with E-state index >= 15 is 0 Å². The molecule has 2 aromatic rings. The van der Waals surface area contributed by atoms with Crippen LogP contribution in [0.15, 0.2) is 42.5 Å². The highest BCUT2D eigenvalue weighted by molar-refractivity contribution is 6.03. The summed E-state index contributed by atoms with van der Waals surface area (Å²) < 4.78 is 11.3. The van der Waals surface area contributed by atoms with Gasteiger partial charge in [-0.3, -0.25) is 4.90 Å². The second-order valence-corrected chi connectivity index (χ2v) is 5.86. The SMILES string of the molecule is CCC1CN(C(=O)Nc2cc(C)ccc2OC)c2ccccc2O1. The zero-order valence-corrected chi connectivity index (χ0v) is 14.2. The first kappa shape index (κ1) is 16.2. The van der Waals surface area contributed by atoms with E-state index < -0.39 is 0 Å². The zero-order valence-electron chi connectivity index (χ0n) is 14.2. The minimum Gasteiger partial charge on any atom is -0.495 e. The minimum absolute atomic E-state index is 0.00921. The van der Waals surface area contributed by atoms with Crippen LogP contribution in [0.1, 0.15) is 18.9 Å². The highest BCUT2D eigenvalue weighted by Gasteiger charge is 2.29. The predicted molar refractivity (Wildman–Crippen MR) is 95.2 cm³/mol. The van der Waals surface area contributed by atoms with Crippen molar-refractivity contribution < 1.29 is 14.3 Å². The summed E-state index contributed by atoms with van der Waals surface area (Å²) in [5, 5.41) is 2.96. The van der Waals surface area contributed by atoms with Gasteiger partial charge in [-0.05, 0) is 43.2 Å². The Morgan fingerprint density at radius 2 is 2.12 bits per heavy atom. The number of aryl methyl sites for hydroxylation is 1. The van der Waals surface area contributed by atoms with Crippen LogP contribution in [-0.2, 0) is 0 Å². The number of nitrogens with one attached hydrogen (secondary N) is 1. The highest BCUT2D eigenvalue weighted by atomic mass is 16.5. The number of fused-ring (bicyclic) bond motifs is 1. The molecule has 0 aliphatic carbocycles. The number of benzene rings is 2. The quantitative estimate of drug-likeness (QED) is 0.919. The lowest BCUT2D eigenvalue weighted by atomic mass is 10.1. The normalized spacial score (nSPS) is 16.1. The van der Waals surface area contributed by atoms with Crippen LogP contribution < -0.4 is 19.7 Å².